The molecule has 0 saturated heterocycles. The molecular weight excluding hydrogens is 382 g/mol. The largest absolute Gasteiger partial charge is 0.507 e. The van der Waals surface area contributed by atoms with Gasteiger partial charge >= 0.3 is 0 Å². The predicted octanol–water partition coefficient (Wildman–Crippen LogP) is 7.59. The number of aromatic hydroxyl groups is 1. The lowest BCUT2D eigenvalue weighted by Crippen LogP contribution is -2.29. The Balaban J connectivity index is 2.79. The third kappa shape index (κ3) is 5.56. The molecule has 1 N–H and O–H groups in total. The number of nitrogens with zero attached hydrogens (tertiary/aromatic N) is 1. The fourth-order valence-electron chi connectivity index (χ4n) is 3.65. The first-order chi connectivity index (χ1) is 13.7. The van der Waals surface area contributed by atoms with Gasteiger partial charge < -0.3 is 5.11 Å². The number of Topliss-reactive ketones (excluding diaryl/α,β-unsaturated/α-hetero) is 1. The van der Waals surface area contributed by atoms with E-state index in [4.69, 9.17) is 4.99 Å². The van der Waals surface area contributed by atoms with E-state index in [-0.39, 0.29) is 27.4 Å². The fraction of sp³-hybridized carbons (Fsp3) is 0.571. The molecule has 3 heteroatoms. The van der Waals surface area contributed by atoms with Crippen molar-refractivity contribution in [3.63, 3.8) is 0 Å². The number of phenolic OH excluding ortho intramolecular Hbond substituents is 1. The van der Waals surface area contributed by atoms with Gasteiger partial charge in [-0.3, -0.25) is 4.79 Å². The van der Waals surface area contributed by atoms with E-state index in [2.05, 4.69) is 83.1 Å². The number of aliphatic imine (C=N–C) groups is 1. The smallest absolute Gasteiger partial charge is 0.207 e. The van der Waals surface area contributed by atoms with E-state index in [1.54, 1.807) is 0 Å². The Labute approximate surface area is 189 Å². The Kier molecular flexibility index (Phi) is 6.28. The highest BCUT2D eigenvalue weighted by atomic mass is 16.3. The van der Waals surface area contributed by atoms with Crippen molar-refractivity contribution in [1.29, 1.82) is 0 Å². The van der Waals surface area contributed by atoms with Crippen molar-refractivity contribution in [2.45, 2.75) is 93.9 Å². The highest BCUT2D eigenvalue weighted by molar-refractivity contribution is 6.51. The number of allylic oxidation sites excluding steroid dienone is 4. The molecule has 170 valence electrons. The molecule has 0 radical (unpaired) electrons. The van der Waals surface area contributed by atoms with Crippen LogP contribution in [0.5, 0.6) is 5.75 Å². The average Bonchev–Trinajstić information content (AvgIpc) is 2.53. The van der Waals surface area contributed by atoms with Gasteiger partial charge in [-0.05, 0) is 45.4 Å². The molecule has 0 saturated carbocycles. The molecule has 0 aromatic heterocycles. The van der Waals surface area contributed by atoms with Crippen LogP contribution in [0.3, 0.4) is 0 Å². The van der Waals surface area contributed by atoms with Crippen LogP contribution in [0.15, 0.2) is 40.4 Å². The second-order valence-electron chi connectivity index (χ2n) is 12.9. The lowest BCUT2D eigenvalue weighted by atomic mass is 9.74. The molecule has 0 bridgehead atoms. The third-order valence-corrected chi connectivity index (χ3v) is 5.70. The number of carbonyl (C=O) groups excluding carboxylic acids is 1. The second-order valence-corrected chi connectivity index (χ2v) is 12.9. The van der Waals surface area contributed by atoms with Gasteiger partial charge in [-0.15, -0.1) is 0 Å². The lowest BCUT2D eigenvalue weighted by Gasteiger charge is -2.30. The predicted molar refractivity (Wildman–Crippen MR) is 133 cm³/mol. The van der Waals surface area contributed by atoms with E-state index in [1.165, 1.54) is 0 Å². The second kappa shape index (κ2) is 7.76. The van der Waals surface area contributed by atoms with Crippen molar-refractivity contribution in [2.75, 3.05) is 0 Å². The fourth-order valence-corrected chi connectivity index (χ4v) is 3.65. The summed E-state index contributed by atoms with van der Waals surface area (Å²) >= 11 is 0. The van der Waals surface area contributed by atoms with E-state index in [9.17, 15) is 9.90 Å². The number of rotatable bonds is 1. The number of ketones is 1. The van der Waals surface area contributed by atoms with E-state index in [1.807, 2.05) is 24.3 Å². The number of hydrogen-bond acceptors (Lipinski definition) is 3. The average molecular weight is 424 g/mol. The zero-order chi connectivity index (χ0) is 24.2. The molecule has 1 aromatic carbocycles. The summed E-state index contributed by atoms with van der Waals surface area (Å²) in [5.74, 6) is 0.295. The molecule has 0 aliphatic heterocycles. The van der Waals surface area contributed by atoms with Crippen LogP contribution in [0.2, 0.25) is 0 Å². The minimum Gasteiger partial charge on any atom is -0.507 e. The maximum atomic E-state index is 13.4. The monoisotopic (exact) mass is 423 g/mol. The number of hydrogen-bond donors (Lipinski definition) is 1. The van der Waals surface area contributed by atoms with Crippen molar-refractivity contribution in [2.24, 2.45) is 15.8 Å². The summed E-state index contributed by atoms with van der Waals surface area (Å²) in [6.45, 7) is 25.1. The quantitative estimate of drug-likeness (QED) is 0.473. The number of benzene rings is 1. The Bertz CT molecular complexity index is 941. The van der Waals surface area contributed by atoms with Gasteiger partial charge in [0.25, 0.3) is 0 Å². The van der Waals surface area contributed by atoms with Gasteiger partial charge in [0.2, 0.25) is 5.78 Å². The summed E-state index contributed by atoms with van der Waals surface area (Å²) < 4.78 is 0. The lowest BCUT2D eigenvalue weighted by molar-refractivity contribution is -0.110. The van der Waals surface area contributed by atoms with Crippen molar-refractivity contribution in [3.8, 4) is 5.75 Å². The van der Waals surface area contributed by atoms with Gasteiger partial charge in [0.15, 0.2) is 0 Å². The van der Waals surface area contributed by atoms with Crippen LogP contribution >= 0.6 is 0 Å². The molecule has 0 atom stereocenters. The highest BCUT2D eigenvalue weighted by Crippen LogP contribution is 2.42. The summed E-state index contributed by atoms with van der Waals surface area (Å²) in [5.41, 5.74) is 3.86. The van der Waals surface area contributed by atoms with E-state index in [0.717, 1.165) is 22.3 Å². The van der Waals surface area contributed by atoms with Crippen LogP contribution in [0.4, 0.5) is 5.69 Å². The summed E-state index contributed by atoms with van der Waals surface area (Å²) in [5, 5.41) is 11.0. The minimum atomic E-state index is -0.273. The zero-order valence-corrected chi connectivity index (χ0v) is 21.6. The van der Waals surface area contributed by atoms with Crippen LogP contribution in [0.1, 0.15) is 94.2 Å². The third-order valence-electron chi connectivity index (χ3n) is 5.70. The molecule has 2 rings (SSSR count). The van der Waals surface area contributed by atoms with Crippen molar-refractivity contribution in [3.05, 3.63) is 46.6 Å². The first kappa shape index (κ1) is 25.1. The number of phenols is 1. The minimum absolute atomic E-state index is 0.0248. The van der Waals surface area contributed by atoms with Crippen LogP contribution in [0, 0.1) is 10.8 Å². The van der Waals surface area contributed by atoms with Crippen LogP contribution < -0.4 is 0 Å². The molecule has 0 heterocycles. The highest BCUT2D eigenvalue weighted by Gasteiger charge is 2.33. The number of carbonyl (C=O) groups is 1. The van der Waals surface area contributed by atoms with Crippen molar-refractivity contribution < 1.29 is 9.90 Å². The Hall–Kier alpha value is -2.16. The first-order valence-electron chi connectivity index (χ1n) is 11.2. The molecule has 3 nitrogen and oxygen atoms in total. The Morgan fingerprint density at radius 2 is 1.13 bits per heavy atom. The summed E-state index contributed by atoms with van der Waals surface area (Å²) in [7, 11) is 0. The molecular formula is C28H41NO2. The van der Waals surface area contributed by atoms with E-state index < -0.39 is 0 Å². The van der Waals surface area contributed by atoms with Gasteiger partial charge in [0.1, 0.15) is 11.5 Å². The normalized spacial score (nSPS) is 17.7. The van der Waals surface area contributed by atoms with Crippen LogP contribution in [-0.4, -0.2) is 16.6 Å². The van der Waals surface area contributed by atoms with E-state index >= 15 is 0 Å². The molecule has 0 amide bonds. The Morgan fingerprint density at radius 1 is 0.677 bits per heavy atom. The Morgan fingerprint density at radius 3 is 1.48 bits per heavy atom. The topological polar surface area (TPSA) is 49.7 Å². The molecule has 1 aromatic rings. The first-order valence-corrected chi connectivity index (χ1v) is 11.2. The molecule has 1 aliphatic carbocycles. The molecule has 1 aliphatic rings. The van der Waals surface area contributed by atoms with Crippen LogP contribution in [-0.2, 0) is 15.6 Å². The summed E-state index contributed by atoms with van der Waals surface area (Å²) in [6.07, 6.45) is 3.97. The maximum Gasteiger partial charge on any atom is 0.207 e. The van der Waals surface area contributed by atoms with Gasteiger partial charge in [-0.1, -0.05) is 89.2 Å². The van der Waals surface area contributed by atoms with Gasteiger partial charge in [-0.2, -0.15) is 0 Å². The standard InChI is InChI=1S/C28H41NO2/c1-25(2,3)17-13-19(26(4,5)6)24(31)22(14-17)29-18-15-20(27(7,8)9)23(30)21(16-18)28(10,11)12/h13-16,30H,1-12H3. The summed E-state index contributed by atoms with van der Waals surface area (Å²) in [4.78, 5) is 18.2. The van der Waals surface area contributed by atoms with Crippen LogP contribution in [0.25, 0.3) is 0 Å². The van der Waals surface area contributed by atoms with Gasteiger partial charge in [0.05, 0.1) is 5.69 Å². The molecule has 0 spiro atoms. The van der Waals surface area contributed by atoms with Gasteiger partial charge in [0, 0.05) is 16.7 Å². The molecule has 31 heavy (non-hydrogen) atoms. The van der Waals surface area contributed by atoms with E-state index in [0.29, 0.717) is 17.1 Å². The zero-order valence-electron chi connectivity index (χ0n) is 21.6. The van der Waals surface area contributed by atoms with Crippen molar-refractivity contribution in [1.82, 2.24) is 0 Å². The SMILES string of the molecule is CC(C)(C)C1=CC(=Nc2cc(C(C)(C)C)c(O)c(C(C)(C)C)c2)C(=O)C(C(C)(C)C)=C1. The molecule has 0 unspecified atom stereocenters. The molecule has 0 fully saturated rings. The summed E-state index contributed by atoms with van der Waals surface area (Å²) in [6, 6.07) is 3.84. The van der Waals surface area contributed by atoms with Gasteiger partial charge in [-0.25, -0.2) is 4.99 Å². The maximum absolute atomic E-state index is 13.4. The van der Waals surface area contributed by atoms with Crippen molar-refractivity contribution >= 4 is 17.2 Å².